The number of carbonyl (C=O) groups is 3. The van der Waals surface area contributed by atoms with Crippen LogP contribution in [0.1, 0.15) is 47.5 Å². The summed E-state index contributed by atoms with van der Waals surface area (Å²) in [5.41, 5.74) is -2.33. The van der Waals surface area contributed by atoms with Crippen LogP contribution in [0.15, 0.2) is 12.2 Å². The Hall–Kier alpha value is -1.93. The van der Waals surface area contributed by atoms with E-state index in [1.54, 1.807) is 20.8 Å². The normalized spacial score (nSPS) is 44.0. The Morgan fingerprint density at radius 2 is 1.90 bits per heavy atom. The molecule has 1 saturated heterocycles. The van der Waals surface area contributed by atoms with Gasteiger partial charge in [-0.3, -0.25) is 9.59 Å². The fraction of sp³-hybridized carbons (Fsp3) is 0.762. The number of aliphatic hydroxyl groups excluding tert-OH is 1. The van der Waals surface area contributed by atoms with Gasteiger partial charge in [0.1, 0.15) is 23.9 Å². The quantitative estimate of drug-likeness (QED) is 0.404. The van der Waals surface area contributed by atoms with Crippen LogP contribution in [0, 0.1) is 23.2 Å². The molecule has 0 spiro atoms. The lowest BCUT2D eigenvalue weighted by Crippen LogP contribution is -2.70. The maximum absolute atomic E-state index is 12.3. The molecule has 0 radical (unpaired) electrons. The molecule has 3 rings (SSSR count). The van der Waals surface area contributed by atoms with Crippen molar-refractivity contribution in [2.45, 2.75) is 77.5 Å². The summed E-state index contributed by atoms with van der Waals surface area (Å²) in [6.45, 7) is 11.8. The molecule has 29 heavy (non-hydrogen) atoms. The van der Waals surface area contributed by atoms with Crippen LogP contribution in [-0.4, -0.2) is 58.1 Å². The molecule has 0 amide bonds. The monoisotopic (exact) mass is 410 g/mol. The van der Waals surface area contributed by atoms with E-state index in [4.69, 9.17) is 14.2 Å². The third-order valence-electron chi connectivity index (χ3n) is 6.87. The molecule has 3 fully saturated rings. The zero-order chi connectivity index (χ0) is 21.9. The Morgan fingerprint density at radius 1 is 1.28 bits per heavy atom. The lowest BCUT2D eigenvalue weighted by molar-refractivity contribution is -0.267. The molecular weight excluding hydrogens is 380 g/mol. The van der Waals surface area contributed by atoms with Crippen LogP contribution in [-0.2, 0) is 28.6 Å². The Morgan fingerprint density at radius 3 is 2.45 bits per heavy atom. The predicted octanol–water partition coefficient (Wildman–Crippen LogP) is 1.13. The molecule has 2 N–H and O–H groups in total. The van der Waals surface area contributed by atoms with Crippen molar-refractivity contribution in [3.05, 3.63) is 12.2 Å². The van der Waals surface area contributed by atoms with Crippen LogP contribution in [0.5, 0.6) is 0 Å². The van der Waals surface area contributed by atoms with E-state index >= 15 is 0 Å². The molecule has 8 atom stereocenters. The molecular formula is C21H30O8. The minimum Gasteiger partial charge on any atom is -0.461 e. The predicted molar refractivity (Wildman–Crippen MR) is 100 cm³/mol. The number of ether oxygens (including phenoxy) is 3. The average Bonchev–Trinajstić information content (AvgIpc) is 2.86. The van der Waals surface area contributed by atoms with E-state index in [0.717, 1.165) is 0 Å². The summed E-state index contributed by atoms with van der Waals surface area (Å²) >= 11 is 0. The Labute approximate surface area is 170 Å². The highest BCUT2D eigenvalue weighted by Gasteiger charge is 2.69. The van der Waals surface area contributed by atoms with Gasteiger partial charge in [-0.15, -0.1) is 0 Å². The molecule has 8 nitrogen and oxygen atoms in total. The van der Waals surface area contributed by atoms with E-state index in [-0.39, 0.29) is 24.3 Å². The highest BCUT2D eigenvalue weighted by molar-refractivity contribution is 5.91. The largest absolute Gasteiger partial charge is 0.461 e. The summed E-state index contributed by atoms with van der Waals surface area (Å²) in [7, 11) is 0. The van der Waals surface area contributed by atoms with Crippen LogP contribution in [0.2, 0.25) is 0 Å². The molecule has 0 bridgehead atoms. The van der Waals surface area contributed by atoms with E-state index in [9.17, 15) is 24.6 Å². The van der Waals surface area contributed by atoms with Gasteiger partial charge in [-0.2, -0.15) is 0 Å². The number of esters is 3. The first kappa shape index (κ1) is 21.8. The van der Waals surface area contributed by atoms with Crippen molar-refractivity contribution in [1.29, 1.82) is 0 Å². The van der Waals surface area contributed by atoms with Gasteiger partial charge in [-0.1, -0.05) is 27.4 Å². The fourth-order valence-corrected chi connectivity index (χ4v) is 5.40. The summed E-state index contributed by atoms with van der Waals surface area (Å²) < 4.78 is 16.6. The standard InChI is InChI=1S/C21H30O8/c1-9(2)18(24)28-12-8-20(5)13(23)7-14(27-11(4)22)21(6,26)17(20)16-15(12)10(3)19(25)29-16/h9,12-17,23,26H,3,7-8H2,1-2,4-6H3/t12-,13-,14+,15-,16+,17-,20+,21-/m1/s1. The second-order valence-electron chi connectivity index (χ2n) is 9.31. The van der Waals surface area contributed by atoms with Crippen LogP contribution in [0.25, 0.3) is 0 Å². The molecule has 3 aliphatic rings. The second-order valence-corrected chi connectivity index (χ2v) is 9.31. The van der Waals surface area contributed by atoms with E-state index in [2.05, 4.69) is 6.58 Å². The number of fused-ring (bicyclic) bond motifs is 3. The summed E-state index contributed by atoms with van der Waals surface area (Å²) in [6, 6.07) is 0. The number of hydrogen-bond acceptors (Lipinski definition) is 8. The number of rotatable bonds is 3. The van der Waals surface area contributed by atoms with Crippen LogP contribution in [0.3, 0.4) is 0 Å². The minimum absolute atomic E-state index is 0.0245. The van der Waals surface area contributed by atoms with Crippen molar-refractivity contribution in [1.82, 2.24) is 0 Å². The minimum atomic E-state index is -1.57. The highest BCUT2D eigenvalue weighted by Crippen LogP contribution is 2.60. The Balaban J connectivity index is 2.04. The number of carbonyl (C=O) groups excluding carboxylic acids is 3. The first-order valence-electron chi connectivity index (χ1n) is 9.98. The Bertz CT molecular complexity index is 741. The first-order chi connectivity index (χ1) is 13.3. The summed E-state index contributed by atoms with van der Waals surface area (Å²) in [4.78, 5) is 36.2. The van der Waals surface area contributed by atoms with Crippen molar-refractivity contribution < 1.29 is 38.8 Å². The fourth-order valence-electron chi connectivity index (χ4n) is 5.40. The molecule has 2 saturated carbocycles. The molecule has 0 aromatic carbocycles. The molecule has 8 heteroatoms. The van der Waals surface area contributed by atoms with Crippen molar-refractivity contribution >= 4 is 17.9 Å². The van der Waals surface area contributed by atoms with Crippen molar-refractivity contribution in [2.24, 2.45) is 23.2 Å². The maximum Gasteiger partial charge on any atom is 0.334 e. The zero-order valence-corrected chi connectivity index (χ0v) is 17.5. The lowest BCUT2D eigenvalue weighted by atomic mass is 9.49. The molecule has 162 valence electrons. The Kier molecular flexibility index (Phi) is 5.32. The van der Waals surface area contributed by atoms with E-state index < -0.39 is 65.2 Å². The highest BCUT2D eigenvalue weighted by atomic mass is 16.6. The molecule has 0 aromatic rings. The zero-order valence-electron chi connectivity index (χ0n) is 17.5. The van der Waals surface area contributed by atoms with Gasteiger partial charge in [0.25, 0.3) is 0 Å². The van der Waals surface area contributed by atoms with Gasteiger partial charge in [0.05, 0.1) is 17.9 Å². The van der Waals surface area contributed by atoms with E-state index in [1.165, 1.54) is 13.8 Å². The van der Waals surface area contributed by atoms with Gasteiger partial charge in [-0.25, -0.2) is 4.79 Å². The SMILES string of the molecule is C=C1C(=O)O[C@H]2[C@H]1[C@H](OC(=O)C(C)C)C[C@@]1(C)[C@H](O)C[C@H](OC(C)=O)[C@@](C)(O)[C@H]21. The van der Waals surface area contributed by atoms with E-state index in [0.29, 0.717) is 0 Å². The van der Waals surface area contributed by atoms with Crippen LogP contribution in [0.4, 0.5) is 0 Å². The molecule has 1 heterocycles. The van der Waals surface area contributed by atoms with Gasteiger partial charge < -0.3 is 24.4 Å². The lowest BCUT2D eigenvalue weighted by Gasteiger charge is -2.60. The van der Waals surface area contributed by atoms with Crippen molar-refractivity contribution in [3.63, 3.8) is 0 Å². The molecule has 1 aliphatic heterocycles. The number of aliphatic hydroxyl groups is 2. The number of hydrogen-bond donors (Lipinski definition) is 2. The average molecular weight is 410 g/mol. The molecule has 2 aliphatic carbocycles. The first-order valence-corrected chi connectivity index (χ1v) is 9.98. The van der Waals surface area contributed by atoms with Crippen molar-refractivity contribution in [2.75, 3.05) is 0 Å². The molecule has 0 aromatic heterocycles. The second kappa shape index (κ2) is 7.09. The summed E-state index contributed by atoms with van der Waals surface area (Å²) in [5.74, 6) is -3.36. The van der Waals surface area contributed by atoms with Crippen LogP contribution >= 0.6 is 0 Å². The third-order valence-corrected chi connectivity index (χ3v) is 6.87. The van der Waals surface area contributed by atoms with Gasteiger partial charge in [-0.05, 0) is 13.3 Å². The summed E-state index contributed by atoms with van der Waals surface area (Å²) in [5, 5.41) is 22.4. The topological polar surface area (TPSA) is 119 Å². The van der Waals surface area contributed by atoms with Gasteiger partial charge in [0.15, 0.2) is 0 Å². The smallest absolute Gasteiger partial charge is 0.334 e. The summed E-state index contributed by atoms with van der Waals surface area (Å²) in [6.07, 6.45) is -3.26. The maximum atomic E-state index is 12.3. The van der Waals surface area contributed by atoms with Gasteiger partial charge >= 0.3 is 17.9 Å². The van der Waals surface area contributed by atoms with E-state index in [1.807, 2.05) is 0 Å². The molecule has 0 unspecified atom stereocenters. The van der Waals surface area contributed by atoms with Crippen molar-refractivity contribution in [3.8, 4) is 0 Å². The van der Waals surface area contributed by atoms with Gasteiger partial charge in [0.2, 0.25) is 0 Å². The third kappa shape index (κ3) is 3.36. The van der Waals surface area contributed by atoms with Crippen LogP contribution < -0.4 is 0 Å². The van der Waals surface area contributed by atoms with Gasteiger partial charge in [0, 0.05) is 30.3 Å².